The quantitative estimate of drug-likeness (QED) is 0.634. The molecule has 2 heteroatoms. The fourth-order valence-corrected chi connectivity index (χ4v) is 6.42. The number of hydrogen-bond donors (Lipinski definition) is 2. The number of aliphatic hydroxyl groups is 2. The molecule has 6 atom stereocenters. The molecule has 0 aromatic carbocycles. The topological polar surface area (TPSA) is 40.5 Å². The lowest BCUT2D eigenvalue weighted by Crippen LogP contribution is -2.59. The van der Waals surface area contributed by atoms with Crippen LogP contribution in [0.1, 0.15) is 66.7 Å². The van der Waals surface area contributed by atoms with Crippen LogP contribution in [0.25, 0.3) is 0 Å². The molecule has 0 heterocycles. The summed E-state index contributed by atoms with van der Waals surface area (Å²) in [6.07, 6.45) is 15.1. The third-order valence-electron chi connectivity index (χ3n) is 7.72. The van der Waals surface area contributed by atoms with Crippen molar-refractivity contribution < 1.29 is 10.2 Å². The van der Waals surface area contributed by atoms with Crippen LogP contribution < -0.4 is 0 Å². The van der Waals surface area contributed by atoms with Crippen LogP contribution in [-0.4, -0.2) is 21.9 Å². The Morgan fingerprint density at radius 2 is 1.93 bits per heavy atom. The van der Waals surface area contributed by atoms with Gasteiger partial charge in [-0.15, -0.1) is 0 Å². The molecule has 1 saturated carbocycles. The van der Waals surface area contributed by atoms with Crippen LogP contribution in [0.3, 0.4) is 0 Å². The smallest absolute Gasteiger partial charge is 0.0858 e. The molecule has 3 rings (SSSR count). The maximum atomic E-state index is 11.3. The molecule has 0 aromatic heterocycles. The van der Waals surface area contributed by atoms with E-state index in [0.29, 0.717) is 18.3 Å². The normalized spacial score (nSPS) is 41.6. The Hall–Kier alpha value is -1.12. The second-order valence-electron chi connectivity index (χ2n) is 10.5. The summed E-state index contributed by atoms with van der Waals surface area (Å²) in [5.74, 6) is 0.493. The highest BCUT2D eigenvalue weighted by atomic mass is 16.3. The van der Waals surface area contributed by atoms with Crippen molar-refractivity contribution in [3.8, 4) is 0 Å². The number of allylic oxidation sites excluding steroid dienone is 5. The van der Waals surface area contributed by atoms with E-state index in [-0.39, 0.29) is 16.7 Å². The summed E-state index contributed by atoms with van der Waals surface area (Å²) in [6.45, 7) is 15.2. The SMILES string of the molecule is C=C(CC(O)[C@@H]1[C@@]2(C)CCCC(C)(C)[C@@H]2C=C[C@@]1(C)O)[C@@H]1C=CC(C)=CC1. The lowest BCUT2D eigenvalue weighted by atomic mass is 9.46. The van der Waals surface area contributed by atoms with Gasteiger partial charge in [-0.1, -0.05) is 75.3 Å². The zero-order chi connectivity index (χ0) is 20.0. The Morgan fingerprint density at radius 1 is 1.22 bits per heavy atom. The number of rotatable bonds is 4. The van der Waals surface area contributed by atoms with Gasteiger partial charge in [0, 0.05) is 11.8 Å². The highest BCUT2D eigenvalue weighted by Crippen LogP contribution is 2.60. The largest absolute Gasteiger partial charge is 0.392 e. The van der Waals surface area contributed by atoms with Crippen molar-refractivity contribution in [3.63, 3.8) is 0 Å². The first kappa shape index (κ1) is 20.6. The molecular formula is C25H38O2. The minimum Gasteiger partial charge on any atom is -0.392 e. The van der Waals surface area contributed by atoms with Crippen LogP contribution in [0.2, 0.25) is 0 Å². The number of fused-ring (bicyclic) bond motifs is 1. The van der Waals surface area contributed by atoms with Crippen molar-refractivity contribution in [2.24, 2.45) is 28.6 Å². The summed E-state index contributed by atoms with van der Waals surface area (Å²) in [5.41, 5.74) is 1.47. The minimum absolute atomic E-state index is 0.0986. The van der Waals surface area contributed by atoms with E-state index >= 15 is 0 Å². The van der Waals surface area contributed by atoms with Crippen LogP contribution >= 0.6 is 0 Å². The maximum Gasteiger partial charge on any atom is 0.0858 e. The lowest BCUT2D eigenvalue weighted by molar-refractivity contribution is -0.145. The summed E-state index contributed by atoms with van der Waals surface area (Å²) in [4.78, 5) is 0. The highest BCUT2D eigenvalue weighted by Gasteiger charge is 2.58. The molecule has 1 fully saturated rings. The summed E-state index contributed by atoms with van der Waals surface area (Å²) in [7, 11) is 0. The molecule has 0 bridgehead atoms. The van der Waals surface area contributed by atoms with E-state index in [1.807, 2.05) is 13.0 Å². The van der Waals surface area contributed by atoms with E-state index in [1.165, 1.54) is 12.0 Å². The van der Waals surface area contributed by atoms with Gasteiger partial charge in [-0.3, -0.25) is 0 Å². The molecule has 1 unspecified atom stereocenters. The van der Waals surface area contributed by atoms with Crippen molar-refractivity contribution in [2.45, 2.75) is 78.4 Å². The maximum absolute atomic E-state index is 11.3. The van der Waals surface area contributed by atoms with Crippen LogP contribution in [-0.2, 0) is 0 Å². The molecule has 0 spiro atoms. The highest BCUT2D eigenvalue weighted by molar-refractivity contribution is 5.27. The molecule has 2 nitrogen and oxygen atoms in total. The Labute approximate surface area is 165 Å². The molecular weight excluding hydrogens is 332 g/mol. The zero-order valence-corrected chi connectivity index (χ0v) is 17.8. The summed E-state index contributed by atoms with van der Waals surface area (Å²) < 4.78 is 0. The predicted octanol–water partition coefficient (Wildman–Crippen LogP) is 5.59. The van der Waals surface area contributed by atoms with Crippen molar-refractivity contribution >= 4 is 0 Å². The first-order valence-electron chi connectivity index (χ1n) is 10.6. The molecule has 3 aliphatic carbocycles. The van der Waals surface area contributed by atoms with Gasteiger partial charge in [0.05, 0.1) is 11.7 Å². The molecule has 150 valence electrons. The summed E-state index contributed by atoms with van der Waals surface area (Å²) >= 11 is 0. The van der Waals surface area contributed by atoms with Crippen molar-refractivity contribution in [1.82, 2.24) is 0 Å². The predicted molar refractivity (Wildman–Crippen MR) is 113 cm³/mol. The Kier molecular flexibility index (Phi) is 5.38. The molecule has 0 saturated heterocycles. The van der Waals surface area contributed by atoms with Crippen LogP contribution in [0.15, 0.2) is 48.1 Å². The van der Waals surface area contributed by atoms with E-state index in [1.54, 1.807) is 0 Å². The van der Waals surface area contributed by atoms with Gasteiger partial charge in [0.2, 0.25) is 0 Å². The standard InChI is InChI=1S/C25H38O2/c1-17-8-10-19(11-9-17)18(2)16-20(26)22-24(5)14-7-13-23(3,4)21(24)12-15-25(22,6)27/h8-10,12,15,19-22,26-27H,2,7,11,13-14,16H2,1,3-6H3/t19-,20?,21+,22-,24+,25-/m1/s1. The minimum atomic E-state index is -0.989. The Balaban J connectivity index is 1.83. The van der Waals surface area contributed by atoms with Gasteiger partial charge in [-0.25, -0.2) is 0 Å². The fourth-order valence-electron chi connectivity index (χ4n) is 6.42. The van der Waals surface area contributed by atoms with E-state index in [0.717, 1.165) is 24.8 Å². The number of aliphatic hydroxyl groups excluding tert-OH is 1. The van der Waals surface area contributed by atoms with Gasteiger partial charge in [0.25, 0.3) is 0 Å². The monoisotopic (exact) mass is 370 g/mol. The van der Waals surface area contributed by atoms with Crippen LogP contribution in [0, 0.1) is 28.6 Å². The van der Waals surface area contributed by atoms with Crippen molar-refractivity contribution in [1.29, 1.82) is 0 Å². The third-order valence-corrected chi connectivity index (χ3v) is 7.72. The van der Waals surface area contributed by atoms with Crippen LogP contribution in [0.5, 0.6) is 0 Å². The van der Waals surface area contributed by atoms with Gasteiger partial charge >= 0.3 is 0 Å². The molecule has 0 aromatic rings. The second kappa shape index (κ2) is 7.04. The molecule has 3 aliphatic rings. The summed E-state index contributed by atoms with van der Waals surface area (Å²) in [6, 6.07) is 0. The van der Waals surface area contributed by atoms with Gasteiger partial charge in [-0.2, -0.15) is 0 Å². The van der Waals surface area contributed by atoms with Crippen LogP contribution in [0.4, 0.5) is 0 Å². The fraction of sp³-hybridized carbons (Fsp3) is 0.680. The van der Waals surface area contributed by atoms with Gasteiger partial charge in [-0.05, 0) is 56.3 Å². The summed E-state index contributed by atoms with van der Waals surface area (Å²) in [5, 5.41) is 22.6. The number of hydrogen-bond acceptors (Lipinski definition) is 2. The van der Waals surface area contributed by atoms with E-state index in [4.69, 9.17) is 0 Å². The zero-order valence-electron chi connectivity index (χ0n) is 17.8. The van der Waals surface area contributed by atoms with Crippen molar-refractivity contribution in [2.75, 3.05) is 0 Å². The first-order chi connectivity index (χ1) is 12.5. The average Bonchev–Trinajstić information content (AvgIpc) is 2.53. The molecule has 0 amide bonds. The average molecular weight is 371 g/mol. The van der Waals surface area contributed by atoms with Gasteiger partial charge < -0.3 is 10.2 Å². The van der Waals surface area contributed by atoms with Gasteiger partial charge in [0.1, 0.15) is 0 Å². The third kappa shape index (κ3) is 3.76. The molecule has 0 aliphatic heterocycles. The molecule has 2 N–H and O–H groups in total. The molecule has 0 radical (unpaired) electrons. The lowest BCUT2D eigenvalue weighted by Gasteiger charge is -2.59. The second-order valence-corrected chi connectivity index (χ2v) is 10.5. The van der Waals surface area contributed by atoms with Crippen molar-refractivity contribution in [3.05, 3.63) is 48.1 Å². The van der Waals surface area contributed by atoms with E-state index in [9.17, 15) is 10.2 Å². The van der Waals surface area contributed by atoms with E-state index < -0.39 is 11.7 Å². The Morgan fingerprint density at radius 3 is 2.56 bits per heavy atom. The van der Waals surface area contributed by atoms with Gasteiger partial charge in [0.15, 0.2) is 0 Å². The molecule has 27 heavy (non-hydrogen) atoms. The first-order valence-corrected chi connectivity index (χ1v) is 10.6. The Bertz CT molecular complexity index is 678. The van der Waals surface area contributed by atoms with E-state index in [2.05, 4.69) is 58.6 Å².